The fraction of sp³-hybridized carbons (Fsp3) is 0.464. The van der Waals surface area contributed by atoms with Crippen molar-refractivity contribution in [2.75, 3.05) is 19.6 Å². The lowest BCUT2D eigenvalue weighted by Gasteiger charge is -2.44. The molecule has 2 fully saturated rings. The number of thioether (sulfide) groups is 1. The van der Waals surface area contributed by atoms with Crippen LogP contribution in [0, 0.1) is 0 Å². The highest BCUT2D eigenvalue weighted by Crippen LogP contribution is 2.51. The Morgan fingerprint density at radius 2 is 1.70 bits per heavy atom. The molecular weight excluding hydrogens is 510 g/mol. The van der Waals surface area contributed by atoms with Gasteiger partial charge in [0.15, 0.2) is 0 Å². The van der Waals surface area contributed by atoms with Crippen LogP contribution in [-0.4, -0.2) is 69.4 Å². The molecule has 0 spiro atoms. The second kappa shape index (κ2) is 12.3. The maximum Gasteiger partial charge on any atom is 0.335 e. The van der Waals surface area contributed by atoms with E-state index in [1.807, 2.05) is 68.4 Å². The molecule has 0 radical (unpaired) electrons. The lowest BCUT2D eigenvalue weighted by Crippen LogP contribution is -2.71. The molecule has 2 aliphatic heterocycles. The lowest BCUT2D eigenvalue weighted by molar-refractivity contribution is -0.159. The van der Waals surface area contributed by atoms with Crippen molar-refractivity contribution in [1.82, 2.24) is 15.1 Å². The van der Waals surface area contributed by atoms with E-state index in [0.29, 0.717) is 5.75 Å². The summed E-state index contributed by atoms with van der Waals surface area (Å²) in [5, 5.41) is 2.58. The predicted molar refractivity (Wildman–Crippen MR) is 149 cm³/mol. The van der Waals surface area contributed by atoms with Crippen molar-refractivity contribution < 1.29 is 19.1 Å². The maximum absolute atomic E-state index is 13.4. The third kappa shape index (κ3) is 6.30. The second-order valence-electron chi connectivity index (χ2n) is 9.77. The van der Waals surface area contributed by atoms with Gasteiger partial charge in [0.2, 0.25) is 11.8 Å². The largest absolute Gasteiger partial charge is 0.425 e. The number of carbonyl (C=O) groups is 3. The van der Waals surface area contributed by atoms with Crippen LogP contribution in [0.5, 0.6) is 5.75 Å². The Balaban J connectivity index is 0.00000380. The van der Waals surface area contributed by atoms with Crippen LogP contribution in [0.2, 0.25) is 0 Å². The summed E-state index contributed by atoms with van der Waals surface area (Å²) in [6.45, 7) is 11.0. The number of amides is 2. The summed E-state index contributed by atoms with van der Waals surface area (Å²) < 4.78 is 5.36. The molecule has 0 saturated carbocycles. The predicted octanol–water partition coefficient (Wildman–Crippen LogP) is 3.69. The molecule has 2 amide bonds. The number of β-lactam (4-membered cyclic amide) rings is 1. The topological polar surface area (TPSA) is 79.0 Å². The zero-order valence-electron chi connectivity index (χ0n) is 21.8. The summed E-state index contributed by atoms with van der Waals surface area (Å²) in [5.74, 6) is -0.339. The van der Waals surface area contributed by atoms with Gasteiger partial charge < -0.3 is 19.9 Å². The summed E-state index contributed by atoms with van der Waals surface area (Å²) in [6.07, 6.45) is 0.982. The molecule has 200 valence electrons. The molecule has 2 aromatic carbocycles. The fourth-order valence-corrected chi connectivity index (χ4v) is 6.55. The number of esters is 1. The molecule has 2 heterocycles. The number of nitrogens with zero attached hydrogens (tertiary/aromatic N) is 2. The average Bonchev–Trinajstić information content (AvgIpc) is 3.12. The van der Waals surface area contributed by atoms with E-state index in [1.54, 1.807) is 4.90 Å². The van der Waals surface area contributed by atoms with Crippen LogP contribution in [0.25, 0.3) is 0 Å². The van der Waals surface area contributed by atoms with Crippen molar-refractivity contribution in [2.45, 2.75) is 62.7 Å². The number of hydrogen-bond donors (Lipinski definition) is 1. The SMILES string of the molecule is CCN(CC)CCc1ccccc1OC(=O)[C@@H]1N2C(=O)[C@@H](NC(=O)Cc3ccccc3)[C@H]2SC1(C)C.Cl. The van der Waals surface area contributed by atoms with Gasteiger partial charge in [-0.1, -0.05) is 62.4 Å². The quantitative estimate of drug-likeness (QED) is 0.279. The van der Waals surface area contributed by atoms with Crippen LogP contribution >= 0.6 is 24.2 Å². The van der Waals surface area contributed by atoms with E-state index >= 15 is 0 Å². The van der Waals surface area contributed by atoms with Gasteiger partial charge in [-0.15, -0.1) is 24.2 Å². The summed E-state index contributed by atoms with van der Waals surface area (Å²) in [4.78, 5) is 43.0. The highest BCUT2D eigenvalue weighted by atomic mass is 35.5. The first-order valence-electron chi connectivity index (χ1n) is 12.6. The zero-order chi connectivity index (χ0) is 25.9. The first kappa shape index (κ1) is 29.0. The maximum atomic E-state index is 13.4. The number of benzene rings is 2. The van der Waals surface area contributed by atoms with E-state index in [-0.39, 0.29) is 36.0 Å². The van der Waals surface area contributed by atoms with Crippen LogP contribution in [-0.2, 0) is 27.2 Å². The molecule has 0 aliphatic carbocycles. The molecule has 9 heteroatoms. The third-order valence-corrected chi connectivity index (χ3v) is 8.53. The van der Waals surface area contributed by atoms with Crippen LogP contribution in [0.1, 0.15) is 38.8 Å². The lowest BCUT2D eigenvalue weighted by atomic mass is 9.95. The van der Waals surface area contributed by atoms with Gasteiger partial charge >= 0.3 is 5.97 Å². The Morgan fingerprint density at radius 3 is 2.38 bits per heavy atom. The average molecular weight is 546 g/mol. The van der Waals surface area contributed by atoms with Gasteiger partial charge in [-0.05, 0) is 50.6 Å². The van der Waals surface area contributed by atoms with Crippen LogP contribution < -0.4 is 10.1 Å². The van der Waals surface area contributed by atoms with Crippen LogP contribution in [0.15, 0.2) is 54.6 Å². The fourth-order valence-electron chi connectivity index (χ4n) is 4.92. The number of rotatable bonds is 10. The van der Waals surface area contributed by atoms with E-state index in [2.05, 4.69) is 24.1 Å². The Bertz CT molecular complexity index is 1110. The summed E-state index contributed by atoms with van der Waals surface area (Å²) in [7, 11) is 0. The molecule has 4 rings (SSSR count). The van der Waals surface area contributed by atoms with Gasteiger partial charge in [0.1, 0.15) is 23.2 Å². The van der Waals surface area contributed by atoms with Gasteiger partial charge in [0, 0.05) is 11.3 Å². The van der Waals surface area contributed by atoms with Crippen LogP contribution in [0.3, 0.4) is 0 Å². The molecule has 2 aliphatic rings. The normalized spacial score (nSPS) is 21.6. The monoisotopic (exact) mass is 545 g/mol. The van der Waals surface area contributed by atoms with E-state index < -0.39 is 22.8 Å². The van der Waals surface area contributed by atoms with Crippen molar-refractivity contribution in [3.05, 3.63) is 65.7 Å². The molecule has 0 unspecified atom stereocenters. The molecule has 0 aromatic heterocycles. The number of halogens is 1. The molecule has 3 atom stereocenters. The first-order chi connectivity index (χ1) is 17.2. The van der Waals surface area contributed by atoms with Crippen molar-refractivity contribution in [2.24, 2.45) is 0 Å². The van der Waals surface area contributed by atoms with Crippen LogP contribution in [0.4, 0.5) is 0 Å². The number of para-hydroxylation sites is 1. The summed E-state index contributed by atoms with van der Waals surface area (Å²) in [6, 6.07) is 15.7. The molecule has 2 saturated heterocycles. The number of nitrogens with one attached hydrogen (secondary N) is 1. The number of fused-ring (bicyclic) bond motifs is 1. The Morgan fingerprint density at radius 1 is 1.05 bits per heavy atom. The molecule has 7 nitrogen and oxygen atoms in total. The smallest absolute Gasteiger partial charge is 0.335 e. The van der Waals surface area contributed by atoms with Gasteiger partial charge in [0.05, 0.1) is 6.42 Å². The highest BCUT2D eigenvalue weighted by Gasteiger charge is 2.64. The van der Waals surface area contributed by atoms with Gasteiger partial charge in [0.25, 0.3) is 0 Å². The molecule has 0 bridgehead atoms. The van der Waals surface area contributed by atoms with E-state index in [0.717, 1.165) is 37.2 Å². The molecule has 1 N–H and O–H groups in total. The van der Waals surface area contributed by atoms with Gasteiger partial charge in [-0.3, -0.25) is 9.59 Å². The number of ether oxygens (including phenoxy) is 1. The van der Waals surface area contributed by atoms with Crippen molar-refractivity contribution in [3.8, 4) is 5.75 Å². The Kier molecular flexibility index (Phi) is 9.67. The number of carbonyl (C=O) groups excluding carboxylic acids is 3. The molecule has 2 aromatic rings. The second-order valence-corrected chi connectivity index (χ2v) is 11.5. The van der Waals surface area contributed by atoms with Crippen molar-refractivity contribution in [3.63, 3.8) is 0 Å². The van der Waals surface area contributed by atoms with E-state index in [1.165, 1.54) is 11.8 Å². The zero-order valence-corrected chi connectivity index (χ0v) is 23.4. The minimum atomic E-state index is -0.724. The number of likely N-dealkylation sites (N-methyl/N-ethyl adjacent to an activating group) is 1. The highest BCUT2D eigenvalue weighted by molar-refractivity contribution is 8.01. The first-order valence-corrected chi connectivity index (χ1v) is 13.5. The van der Waals surface area contributed by atoms with Gasteiger partial charge in [-0.2, -0.15) is 0 Å². The molecule has 37 heavy (non-hydrogen) atoms. The molecular formula is C28H36ClN3O4S. The number of hydrogen-bond acceptors (Lipinski definition) is 6. The van der Waals surface area contributed by atoms with E-state index in [9.17, 15) is 14.4 Å². The van der Waals surface area contributed by atoms with Gasteiger partial charge in [-0.25, -0.2) is 4.79 Å². The minimum Gasteiger partial charge on any atom is -0.425 e. The van der Waals surface area contributed by atoms with Crippen molar-refractivity contribution >= 4 is 42.0 Å². The van der Waals surface area contributed by atoms with E-state index in [4.69, 9.17) is 4.74 Å². The standard InChI is InChI=1S/C28H35N3O4S.ClH/c1-5-30(6-2)17-16-20-14-10-11-15-21(20)35-27(34)24-28(3,4)36-26-23(25(33)31(24)26)29-22(32)18-19-12-8-7-9-13-19;/h7-15,23-24,26H,5-6,16-18H2,1-4H3,(H,29,32);1H/t23-,24+,26-;/m1./s1. The van der Waals surface area contributed by atoms with Crippen molar-refractivity contribution in [1.29, 1.82) is 0 Å². The minimum absolute atomic E-state index is 0. The Hall–Kier alpha value is -2.55. The Labute approximate surface area is 229 Å². The summed E-state index contributed by atoms with van der Waals surface area (Å²) >= 11 is 1.53. The summed E-state index contributed by atoms with van der Waals surface area (Å²) in [5.41, 5.74) is 1.86. The third-order valence-electron chi connectivity index (χ3n) is 6.96.